The normalized spacial score (nSPS) is 20.3. The van der Waals surface area contributed by atoms with Crippen molar-refractivity contribution < 1.29 is 14.6 Å². The van der Waals surface area contributed by atoms with Crippen molar-refractivity contribution in [3.8, 4) is 5.75 Å². The second-order valence-corrected chi connectivity index (χ2v) is 3.24. The molecular weight excluding hydrogens is 182 g/mol. The van der Waals surface area contributed by atoms with E-state index >= 15 is 0 Å². The van der Waals surface area contributed by atoms with Crippen molar-refractivity contribution in [1.82, 2.24) is 5.32 Å². The van der Waals surface area contributed by atoms with E-state index in [1.807, 2.05) is 12.1 Å². The van der Waals surface area contributed by atoms with Gasteiger partial charge in [-0.05, 0) is 11.6 Å². The van der Waals surface area contributed by atoms with Crippen LogP contribution in [0.15, 0.2) is 24.3 Å². The maximum Gasteiger partial charge on any atom is 0.407 e. The molecule has 0 saturated carbocycles. The first-order valence-electron chi connectivity index (χ1n) is 4.47. The van der Waals surface area contributed by atoms with E-state index in [4.69, 9.17) is 4.74 Å². The highest BCUT2D eigenvalue weighted by Gasteiger charge is 2.23. The average Bonchev–Trinajstić information content (AvgIpc) is 2.56. The first-order chi connectivity index (χ1) is 6.75. The van der Waals surface area contributed by atoms with Crippen molar-refractivity contribution in [3.05, 3.63) is 29.8 Å². The lowest BCUT2D eigenvalue weighted by molar-refractivity contribution is 0.140. The van der Waals surface area contributed by atoms with Gasteiger partial charge in [0.1, 0.15) is 11.9 Å². The van der Waals surface area contributed by atoms with Crippen molar-refractivity contribution in [2.24, 2.45) is 0 Å². The second kappa shape index (κ2) is 3.57. The summed E-state index contributed by atoms with van der Waals surface area (Å²) >= 11 is 0. The van der Waals surface area contributed by atoms with Crippen LogP contribution in [0.1, 0.15) is 5.56 Å². The molecule has 0 aliphatic carbocycles. The van der Waals surface area contributed by atoms with Gasteiger partial charge in [0.25, 0.3) is 0 Å². The zero-order chi connectivity index (χ0) is 9.97. The Labute approximate surface area is 81.5 Å². The molecule has 1 amide bonds. The number of carbonyl (C=O) groups excluding carboxylic acids is 1. The number of hydrogen-bond acceptors (Lipinski definition) is 3. The van der Waals surface area contributed by atoms with E-state index in [0.29, 0.717) is 13.0 Å². The number of phenols is 1. The summed E-state index contributed by atoms with van der Waals surface area (Å²) in [5.74, 6) is 0.246. The van der Waals surface area contributed by atoms with Gasteiger partial charge in [-0.25, -0.2) is 4.79 Å². The number of benzene rings is 1. The summed E-state index contributed by atoms with van der Waals surface area (Å²) in [5.41, 5.74) is 0.800. The van der Waals surface area contributed by atoms with Crippen LogP contribution in [0.3, 0.4) is 0 Å². The molecule has 1 heterocycles. The van der Waals surface area contributed by atoms with E-state index in [1.54, 1.807) is 12.1 Å². The number of ether oxygens (including phenoxy) is 1. The standard InChI is InChI=1S/C10H11NO3/c12-9-4-2-1-3-7(9)5-8-6-11-10(13)14-8/h1-4,8,12H,5-6H2,(H,11,13). The fraction of sp³-hybridized carbons (Fsp3) is 0.300. The van der Waals surface area contributed by atoms with E-state index in [1.165, 1.54) is 0 Å². The summed E-state index contributed by atoms with van der Waals surface area (Å²) in [7, 11) is 0. The van der Waals surface area contributed by atoms with Crippen LogP contribution in [0, 0.1) is 0 Å². The fourth-order valence-corrected chi connectivity index (χ4v) is 1.47. The number of rotatable bonds is 2. The summed E-state index contributed by atoms with van der Waals surface area (Å²) in [4.78, 5) is 10.7. The number of aromatic hydroxyl groups is 1. The lowest BCUT2D eigenvalue weighted by atomic mass is 10.1. The number of para-hydroxylation sites is 1. The lowest BCUT2D eigenvalue weighted by Crippen LogP contribution is -2.16. The van der Waals surface area contributed by atoms with Crippen LogP contribution in [-0.4, -0.2) is 23.8 Å². The van der Waals surface area contributed by atoms with E-state index in [0.717, 1.165) is 5.56 Å². The zero-order valence-electron chi connectivity index (χ0n) is 7.56. The van der Waals surface area contributed by atoms with Crippen molar-refractivity contribution in [1.29, 1.82) is 0 Å². The fourth-order valence-electron chi connectivity index (χ4n) is 1.47. The highest BCUT2D eigenvalue weighted by atomic mass is 16.6. The number of nitrogens with one attached hydrogen (secondary N) is 1. The smallest absolute Gasteiger partial charge is 0.407 e. The first kappa shape index (κ1) is 8.87. The van der Waals surface area contributed by atoms with Gasteiger partial charge in [-0.3, -0.25) is 0 Å². The molecule has 0 aromatic heterocycles. The number of phenolic OH excluding ortho intramolecular Hbond substituents is 1. The van der Waals surface area contributed by atoms with Crippen molar-refractivity contribution in [3.63, 3.8) is 0 Å². The maximum absolute atomic E-state index is 10.7. The highest BCUT2D eigenvalue weighted by Crippen LogP contribution is 2.19. The molecule has 0 radical (unpaired) electrons. The van der Waals surface area contributed by atoms with E-state index < -0.39 is 0 Å². The quantitative estimate of drug-likeness (QED) is 0.737. The first-order valence-corrected chi connectivity index (χ1v) is 4.47. The number of alkyl carbamates (subject to hydrolysis) is 1. The third kappa shape index (κ3) is 1.79. The largest absolute Gasteiger partial charge is 0.508 e. The Morgan fingerprint density at radius 1 is 1.50 bits per heavy atom. The SMILES string of the molecule is O=C1NCC(Cc2ccccc2O)O1. The molecule has 1 unspecified atom stereocenters. The van der Waals surface area contributed by atoms with Gasteiger partial charge in [-0.15, -0.1) is 0 Å². The molecule has 0 bridgehead atoms. The van der Waals surface area contributed by atoms with E-state index in [-0.39, 0.29) is 17.9 Å². The van der Waals surface area contributed by atoms with E-state index in [9.17, 15) is 9.90 Å². The Balaban J connectivity index is 2.04. The third-order valence-electron chi connectivity index (χ3n) is 2.19. The molecule has 1 aliphatic rings. The van der Waals surface area contributed by atoms with Gasteiger partial charge in [-0.1, -0.05) is 18.2 Å². The predicted octanol–water partition coefficient (Wildman–Crippen LogP) is 1.04. The number of cyclic esters (lactones) is 1. The summed E-state index contributed by atoms with van der Waals surface area (Å²) in [6.07, 6.45) is -0.00739. The molecule has 74 valence electrons. The summed E-state index contributed by atoms with van der Waals surface area (Å²) in [6, 6.07) is 7.05. The zero-order valence-corrected chi connectivity index (χ0v) is 7.56. The highest BCUT2D eigenvalue weighted by molar-refractivity contribution is 5.69. The molecule has 1 fully saturated rings. The summed E-state index contributed by atoms with van der Waals surface area (Å²) in [5, 5.41) is 12.0. The van der Waals surface area contributed by atoms with Crippen LogP contribution in [0.5, 0.6) is 5.75 Å². The van der Waals surface area contributed by atoms with Crippen molar-refractivity contribution in [2.45, 2.75) is 12.5 Å². The Kier molecular flexibility index (Phi) is 2.26. The van der Waals surface area contributed by atoms with Crippen LogP contribution in [0.2, 0.25) is 0 Å². The molecule has 1 aromatic rings. The van der Waals surface area contributed by atoms with Gasteiger partial charge in [0, 0.05) is 6.42 Å². The number of amides is 1. The van der Waals surface area contributed by atoms with Gasteiger partial charge in [0.2, 0.25) is 0 Å². The lowest BCUT2D eigenvalue weighted by Gasteiger charge is -2.08. The van der Waals surface area contributed by atoms with Crippen molar-refractivity contribution in [2.75, 3.05) is 6.54 Å². The average molecular weight is 193 g/mol. The summed E-state index contributed by atoms with van der Waals surface area (Å²) < 4.78 is 4.96. The maximum atomic E-state index is 10.7. The monoisotopic (exact) mass is 193 g/mol. The van der Waals surface area contributed by atoms with Crippen LogP contribution in [0.25, 0.3) is 0 Å². The molecule has 1 atom stereocenters. The van der Waals surface area contributed by atoms with Crippen LogP contribution >= 0.6 is 0 Å². The van der Waals surface area contributed by atoms with Crippen LogP contribution < -0.4 is 5.32 Å². The Morgan fingerprint density at radius 3 is 2.93 bits per heavy atom. The molecule has 1 aromatic carbocycles. The minimum atomic E-state index is -0.384. The summed E-state index contributed by atoms with van der Waals surface area (Å²) in [6.45, 7) is 0.507. The molecule has 0 spiro atoms. The van der Waals surface area contributed by atoms with Crippen LogP contribution in [-0.2, 0) is 11.2 Å². The van der Waals surface area contributed by atoms with Gasteiger partial charge in [-0.2, -0.15) is 0 Å². The second-order valence-electron chi connectivity index (χ2n) is 3.24. The van der Waals surface area contributed by atoms with Gasteiger partial charge in [0.15, 0.2) is 0 Å². The molecule has 1 aliphatic heterocycles. The van der Waals surface area contributed by atoms with E-state index in [2.05, 4.69) is 5.32 Å². The minimum absolute atomic E-state index is 0.171. The minimum Gasteiger partial charge on any atom is -0.508 e. The number of carbonyl (C=O) groups is 1. The third-order valence-corrected chi connectivity index (χ3v) is 2.19. The van der Waals surface area contributed by atoms with Crippen molar-refractivity contribution >= 4 is 6.09 Å². The Hall–Kier alpha value is -1.71. The predicted molar refractivity (Wildman–Crippen MR) is 50.1 cm³/mol. The molecule has 4 heteroatoms. The molecule has 4 nitrogen and oxygen atoms in total. The van der Waals surface area contributed by atoms with Crippen LogP contribution in [0.4, 0.5) is 4.79 Å². The Morgan fingerprint density at radius 2 is 2.29 bits per heavy atom. The molecular formula is C10H11NO3. The van der Waals surface area contributed by atoms with Gasteiger partial charge in [0.05, 0.1) is 6.54 Å². The topological polar surface area (TPSA) is 58.6 Å². The Bertz CT molecular complexity index is 351. The number of hydrogen-bond donors (Lipinski definition) is 2. The van der Waals surface area contributed by atoms with Gasteiger partial charge < -0.3 is 15.2 Å². The molecule has 1 saturated heterocycles. The van der Waals surface area contributed by atoms with Gasteiger partial charge >= 0.3 is 6.09 Å². The molecule has 14 heavy (non-hydrogen) atoms. The molecule has 2 rings (SSSR count). The molecule has 2 N–H and O–H groups in total.